The minimum absolute atomic E-state index is 0.210. The lowest BCUT2D eigenvalue weighted by atomic mass is 9.76. The Bertz CT molecular complexity index is 524. The van der Waals surface area contributed by atoms with E-state index in [-0.39, 0.29) is 5.91 Å². The number of halogens is 1. The molecule has 1 N–H and O–H groups in total. The fourth-order valence-electron chi connectivity index (χ4n) is 2.84. The van der Waals surface area contributed by atoms with Crippen molar-refractivity contribution in [3.05, 3.63) is 34.3 Å². The monoisotopic (exact) mass is 339 g/mol. The van der Waals surface area contributed by atoms with E-state index in [2.05, 4.69) is 15.9 Å². The summed E-state index contributed by atoms with van der Waals surface area (Å²) in [6.07, 6.45) is 1.65. The smallest absolute Gasteiger partial charge is 0.326 e. The molecule has 1 amide bonds. The zero-order valence-corrected chi connectivity index (χ0v) is 13.2. The van der Waals surface area contributed by atoms with Gasteiger partial charge in [0.2, 0.25) is 0 Å². The van der Waals surface area contributed by atoms with Gasteiger partial charge in [0.25, 0.3) is 5.91 Å². The fraction of sp³-hybridized carbons (Fsp3) is 0.467. The molecular weight excluding hydrogens is 322 g/mol. The maximum atomic E-state index is 12.6. The summed E-state index contributed by atoms with van der Waals surface area (Å²) in [5, 5.41) is 9.48. The molecule has 1 aliphatic heterocycles. The summed E-state index contributed by atoms with van der Waals surface area (Å²) in [5.74, 6) is -1.14. The number of nitrogens with zero attached hydrogens (tertiary/aromatic N) is 1. The van der Waals surface area contributed by atoms with E-state index >= 15 is 0 Å². The van der Waals surface area contributed by atoms with Gasteiger partial charge in [-0.1, -0.05) is 29.8 Å². The number of carbonyl (C=O) groups excluding carboxylic acids is 1. The van der Waals surface area contributed by atoms with Crippen LogP contribution in [0, 0.1) is 5.41 Å². The van der Waals surface area contributed by atoms with Crippen LogP contribution in [0.25, 0.3) is 0 Å². The quantitative estimate of drug-likeness (QED) is 0.900. The minimum atomic E-state index is -0.930. The first kappa shape index (κ1) is 15.0. The topological polar surface area (TPSA) is 57.6 Å². The number of hydrogen-bond acceptors (Lipinski definition) is 2. The lowest BCUT2D eigenvalue weighted by Crippen LogP contribution is -2.56. The van der Waals surface area contributed by atoms with Crippen LogP contribution in [0.2, 0.25) is 0 Å². The first-order chi connectivity index (χ1) is 9.33. The Morgan fingerprint density at radius 1 is 1.30 bits per heavy atom. The Morgan fingerprint density at radius 2 is 1.90 bits per heavy atom. The molecule has 4 nitrogen and oxygen atoms in total. The second-order valence-corrected chi connectivity index (χ2v) is 6.75. The highest BCUT2D eigenvalue weighted by atomic mass is 79.9. The number of carboxylic acids is 1. The van der Waals surface area contributed by atoms with Gasteiger partial charge in [-0.05, 0) is 42.5 Å². The van der Waals surface area contributed by atoms with E-state index < -0.39 is 17.4 Å². The number of amides is 1. The van der Waals surface area contributed by atoms with Crippen molar-refractivity contribution in [2.45, 2.75) is 32.7 Å². The van der Waals surface area contributed by atoms with E-state index in [1.165, 1.54) is 4.90 Å². The number of hydrogen-bond donors (Lipinski definition) is 1. The summed E-state index contributed by atoms with van der Waals surface area (Å²) in [5.41, 5.74) is 0.118. The maximum Gasteiger partial charge on any atom is 0.326 e. The highest BCUT2D eigenvalue weighted by Crippen LogP contribution is 2.36. The van der Waals surface area contributed by atoms with E-state index in [1.54, 1.807) is 24.3 Å². The van der Waals surface area contributed by atoms with Crippen molar-refractivity contribution in [1.82, 2.24) is 4.90 Å². The summed E-state index contributed by atoms with van der Waals surface area (Å²) in [6, 6.07) is 6.24. The van der Waals surface area contributed by atoms with Gasteiger partial charge in [0.05, 0.1) is 0 Å². The van der Waals surface area contributed by atoms with Crippen LogP contribution in [0.3, 0.4) is 0 Å². The number of carboxylic acid groups (broad SMARTS) is 1. The van der Waals surface area contributed by atoms with Crippen LogP contribution in [0.5, 0.6) is 0 Å². The third kappa shape index (κ3) is 2.87. The summed E-state index contributed by atoms with van der Waals surface area (Å²) < 4.78 is 0.891. The van der Waals surface area contributed by atoms with E-state index in [0.29, 0.717) is 12.1 Å². The van der Waals surface area contributed by atoms with Gasteiger partial charge in [-0.15, -0.1) is 0 Å². The van der Waals surface area contributed by atoms with Crippen LogP contribution in [0.4, 0.5) is 0 Å². The van der Waals surface area contributed by atoms with Crippen molar-refractivity contribution in [2.24, 2.45) is 5.41 Å². The molecule has 1 aliphatic rings. The SMILES string of the molecule is CC1(C)CCCN(C(=O)c2ccc(Br)cc2)C1C(=O)O. The molecule has 0 bridgehead atoms. The number of benzene rings is 1. The minimum Gasteiger partial charge on any atom is -0.480 e. The first-order valence-corrected chi connectivity index (χ1v) is 7.41. The lowest BCUT2D eigenvalue weighted by Gasteiger charge is -2.44. The van der Waals surface area contributed by atoms with E-state index in [0.717, 1.165) is 17.3 Å². The normalized spacial score (nSPS) is 21.6. The summed E-state index contributed by atoms with van der Waals surface area (Å²) in [6.45, 7) is 4.31. The van der Waals surface area contributed by atoms with E-state index in [4.69, 9.17) is 0 Å². The van der Waals surface area contributed by atoms with Gasteiger partial charge in [0.1, 0.15) is 6.04 Å². The fourth-order valence-corrected chi connectivity index (χ4v) is 3.10. The molecule has 0 radical (unpaired) electrons. The van der Waals surface area contributed by atoms with Crippen LogP contribution < -0.4 is 0 Å². The van der Waals surface area contributed by atoms with Crippen LogP contribution in [0.15, 0.2) is 28.7 Å². The van der Waals surface area contributed by atoms with Crippen LogP contribution >= 0.6 is 15.9 Å². The molecule has 108 valence electrons. The van der Waals surface area contributed by atoms with Crippen molar-refractivity contribution in [2.75, 3.05) is 6.54 Å². The van der Waals surface area contributed by atoms with Gasteiger partial charge >= 0.3 is 5.97 Å². The van der Waals surface area contributed by atoms with E-state index in [9.17, 15) is 14.7 Å². The molecule has 0 aliphatic carbocycles. The predicted octanol–water partition coefficient (Wildman–Crippen LogP) is 3.16. The second-order valence-electron chi connectivity index (χ2n) is 5.84. The van der Waals surface area contributed by atoms with Crippen LogP contribution in [-0.2, 0) is 4.79 Å². The third-order valence-electron chi connectivity index (χ3n) is 3.86. The lowest BCUT2D eigenvalue weighted by molar-refractivity contribution is -0.148. The van der Waals surface area contributed by atoms with Gasteiger partial charge in [-0.25, -0.2) is 4.79 Å². The second kappa shape index (κ2) is 5.56. The Morgan fingerprint density at radius 3 is 2.45 bits per heavy atom. The molecule has 1 unspecified atom stereocenters. The molecule has 0 saturated carbocycles. The number of carbonyl (C=O) groups is 2. The Kier molecular flexibility index (Phi) is 4.18. The third-order valence-corrected chi connectivity index (χ3v) is 4.39. The molecule has 0 aromatic heterocycles. The van der Waals surface area contributed by atoms with Gasteiger partial charge in [0.15, 0.2) is 0 Å². The molecule has 1 atom stereocenters. The number of aliphatic carboxylic acids is 1. The van der Waals surface area contributed by atoms with Gasteiger partial charge in [-0.2, -0.15) is 0 Å². The van der Waals surface area contributed by atoms with Gasteiger partial charge < -0.3 is 10.0 Å². The first-order valence-electron chi connectivity index (χ1n) is 6.62. The van der Waals surface area contributed by atoms with Crippen molar-refractivity contribution in [3.63, 3.8) is 0 Å². The molecule has 20 heavy (non-hydrogen) atoms. The number of piperidine rings is 1. The molecule has 1 heterocycles. The molecule has 0 spiro atoms. The van der Waals surface area contributed by atoms with Crippen molar-refractivity contribution in [1.29, 1.82) is 0 Å². The number of rotatable bonds is 2. The molecule has 5 heteroatoms. The molecule has 1 fully saturated rings. The Hall–Kier alpha value is -1.36. The molecule has 1 saturated heterocycles. The highest BCUT2D eigenvalue weighted by molar-refractivity contribution is 9.10. The largest absolute Gasteiger partial charge is 0.480 e. The molecule has 2 rings (SSSR count). The zero-order chi connectivity index (χ0) is 14.9. The predicted molar refractivity (Wildman–Crippen MR) is 79.6 cm³/mol. The van der Waals surface area contributed by atoms with E-state index in [1.807, 2.05) is 13.8 Å². The molecule has 1 aromatic rings. The Labute approximate surface area is 126 Å². The average Bonchev–Trinajstić information content (AvgIpc) is 2.36. The van der Waals surface area contributed by atoms with Crippen molar-refractivity contribution >= 4 is 27.8 Å². The van der Waals surface area contributed by atoms with Crippen molar-refractivity contribution < 1.29 is 14.7 Å². The highest BCUT2D eigenvalue weighted by Gasteiger charge is 2.44. The average molecular weight is 340 g/mol. The molecular formula is C15H18BrNO3. The summed E-state index contributed by atoms with van der Waals surface area (Å²) in [7, 11) is 0. The zero-order valence-electron chi connectivity index (χ0n) is 11.6. The molecule has 1 aromatic carbocycles. The maximum absolute atomic E-state index is 12.6. The number of likely N-dealkylation sites (tertiary alicyclic amines) is 1. The van der Waals surface area contributed by atoms with Crippen LogP contribution in [0.1, 0.15) is 37.0 Å². The van der Waals surface area contributed by atoms with Gasteiger partial charge in [0, 0.05) is 16.6 Å². The van der Waals surface area contributed by atoms with Crippen molar-refractivity contribution in [3.8, 4) is 0 Å². The Balaban J connectivity index is 2.31. The summed E-state index contributed by atoms with van der Waals surface area (Å²) >= 11 is 3.32. The summed E-state index contributed by atoms with van der Waals surface area (Å²) in [4.78, 5) is 25.6. The van der Waals surface area contributed by atoms with Gasteiger partial charge in [-0.3, -0.25) is 4.79 Å². The van der Waals surface area contributed by atoms with Crippen LogP contribution in [-0.4, -0.2) is 34.5 Å². The standard InChI is InChI=1S/C15H18BrNO3/c1-15(2)8-3-9-17(12(15)14(19)20)13(18)10-4-6-11(16)7-5-10/h4-7,12H,3,8-9H2,1-2H3,(H,19,20).